The lowest BCUT2D eigenvalue weighted by Crippen LogP contribution is -2.36. The van der Waals surface area contributed by atoms with Crippen LogP contribution in [-0.4, -0.2) is 56.8 Å². The molecule has 0 aliphatic carbocycles. The van der Waals surface area contributed by atoms with Crippen LogP contribution in [-0.2, 0) is 14.3 Å². The number of esters is 1. The van der Waals surface area contributed by atoms with Crippen LogP contribution in [0.2, 0.25) is 0 Å². The van der Waals surface area contributed by atoms with E-state index in [1.807, 2.05) is 12.1 Å². The van der Waals surface area contributed by atoms with Crippen molar-refractivity contribution < 1.29 is 28.7 Å². The minimum absolute atomic E-state index is 0.0230. The van der Waals surface area contributed by atoms with Gasteiger partial charge in [-0.15, -0.1) is 0 Å². The number of rotatable bonds is 7. The van der Waals surface area contributed by atoms with Gasteiger partial charge in [-0.3, -0.25) is 14.9 Å². The molecule has 1 heterocycles. The number of carbonyl (C=O) groups is 2. The number of nitro benzene ring substituents is 1. The van der Waals surface area contributed by atoms with Crippen LogP contribution >= 0.6 is 0 Å². The van der Waals surface area contributed by atoms with Crippen molar-refractivity contribution in [3.63, 3.8) is 0 Å². The van der Waals surface area contributed by atoms with Crippen LogP contribution in [0.4, 0.5) is 17.1 Å². The van der Waals surface area contributed by atoms with Gasteiger partial charge in [0.15, 0.2) is 12.4 Å². The van der Waals surface area contributed by atoms with Crippen LogP contribution in [0.5, 0.6) is 5.75 Å². The average molecular weight is 415 g/mol. The molecule has 0 atom stereocenters. The molecule has 0 spiro atoms. The Morgan fingerprint density at radius 2 is 1.87 bits per heavy atom. The fraction of sp³-hybridized carbons (Fsp3) is 0.300. The third-order valence-electron chi connectivity index (χ3n) is 4.47. The van der Waals surface area contributed by atoms with Gasteiger partial charge in [-0.1, -0.05) is 0 Å². The predicted octanol–water partition coefficient (Wildman–Crippen LogP) is 2.24. The fourth-order valence-corrected chi connectivity index (χ4v) is 2.95. The topological polar surface area (TPSA) is 120 Å². The second kappa shape index (κ2) is 9.70. The lowest BCUT2D eigenvalue weighted by molar-refractivity contribution is -0.385. The van der Waals surface area contributed by atoms with Gasteiger partial charge in [0.25, 0.3) is 5.91 Å². The molecule has 1 N–H and O–H groups in total. The van der Waals surface area contributed by atoms with Crippen molar-refractivity contribution in [2.45, 2.75) is 0 Å². The Balaban J connectivity index is 1.53. The van der Waals surface area contributed by atoms with E-state index in [1.165, 1.54) is 19.2 Å². The van der Waals surface area contributed by atoms with Crippen molar-refractivity contribution in [1.29, 1.82) is 0 Å². The Morgan fingerprint density at radius 1 is 1.17 bits per heavy atom. The molecule has 0 bridgehead atoms. The van der Waals surface area contributed by atoms with Gasteiger partial charge in [0.2, 0.25) is 0 Å². The number of hydrogen-bond acceptors (Lipinski definition) is 8. The Bertz CT molecular complexity index is 924. The highest BCUT2D eigenvalue weighted by Gasteiger charge is 2.19. The van der Waals surface area contributed by atoms with Gasteiger partial charge in [-0.2, -0.15) is 0 Å². The second-order valence-electron chi connectivity index (χ2n) is 6.41. The number of nitro groups is 1. The van der Waals surface area contributed by atoms with E-state index in [-0.39, 0.29) is 17.0 Å². The maximum Gasteiger partial charge on any atom is 0.338 e. The van der Waals surface area contributed by atoms with Gasteiger partial charge < -0.3 is 24.4 Å². The molecule has 1 aliphatic heterocycles. The number of hydrogen-bond donors (Lipinski definition) is 1. The minimum atomic E-state index is -0.849. The first-order chi connectivity index (χ1) is 14.5. The smallest absolute Gasteiger partial charge is 0.338 e. The highest BCUT2D eigenvalue weighted by molar-refractivity contribution is 5.96. The molecule has 1 saturated heterocycles. The van der Waals surface area contributed by atoms with Gasteiger partial charge in [0.05, 0.1) is 30.8 Å². The Labute approximate surface area is 172 Å². The molecule has 30 heavy (non-hydrogen) atoms. The van der Waals surface area contributed by atoms with E-state index in [0.717, 1.165) is 24.8 Å². The number of morpholine rings is 1. The molecule has 2 aromatic rings. The maximum atomic E-state index is 12.1. The standard InChI is InChI=1S/C20H21N3O7/c1-28-18-7-2-14(12-17(18)23(26)27)20(25)30-13-19(24)21-15-3-5-16(6-4-15)22-8-10-29-11-9-22/h2-7,12H,8-11,13H2,1H3,(H,21,24). The van der Waals surface area contributed by atoms with Crippen molar-refractivity contribution in [3.8, 4) is 5.75 Å². The third kappa shape index (κ3) is 5.23. The molecule has 10 heteroatoms. The van der Waals surface area contributed by atoms with Crippen molar-refractivity contribution in [3.05, 3.63) is 58.1 Å². The van der Waals surface area contributed by atoms with E-state index in [9.17, 15) is 19.7 Å². The Hall–Kier alpha value is -3.66. The average Bonchev–Trinajstić information content (AvgIpc) is 2.78. The number of carbonyl (C=O) groups excluding carboxylic acids is 2. The minimum Gasteiger partial charge on any atom is -0.490 e. The van der Waals surface area contributed by atoms with Crippen molar-refractivity contribution in [2.24, 2.45) is 0 Å². The summed E-state index contributed by atoms with van der Waals surface area (Å²) in [6.45, 7) is 2.46. The number of methoxy groups -OCH3 is 1. The second-order valence-corrected chi connectivity index (χ2v) is 6.41. The van der Waals surface area contributed by atoms with Crippen LogP contribution < -0.4 is 15.0 Å². The first-order valence-corrected chi connectivity index (χ1v) is 9.20. The number of amides is 1. The monoisotopic (exact) mass is 415 g/mol. The number of ether oxygens (including phenoxy) is 3. The summed E-state index contributed by atoms with van der Waals surface area (Å²) in [5, 5.41) is 13.7. The highest BCUT2D eigenvalue weighted by atomic mass is 16.6. The number of anilines is 2. The zero-order chi connectivity index (χ0) is 21.5. The summed E-state index contributed by atoms with van der Waals surface area (Å²) in [5.74, 6) is -1.35. The molecule has 0 saturated carbocycles. The third-order valence-corrected chi connectivity index (χ3v) is 4.47. The SMILES string of the molecule is COc1ccc(C(=O)OCC(=O)Nc2ccc(N3CCOCC3)cc2)cc1[N+](=O)[O-]. The summed E-state index contributed by atoms with van der Waals surface area (Å²) >= 11 is 0. The molecule has 0 aromatic heterocycles. The highest BCUT2D eigenvalue weighted by Crippen LogP contribution is 2.27. The maximum absolute atomic E-state index is 12.1. The Kier molecular flexibility index (Phi) is 6.81. The summed E-state index contributed by atoms with van der Waals surface area (Å²) in [6.07, 6.45) is 0. The molecule has 1 aliphatic rings. The van der Waals surface area contributed by atoms with Crippen LogP contribution in [0.15, 0.2) is 42.5 Å². The Morgan fingerprint density at radius 3 is 2.50 bits per heavy atom. The normalized spacial score (nSPS) is 13.4. The van der Waals surface area contributed by atoms with E-state index in [1.54, 1.807) is 12.1 Å². The van der Waals surface area contributed by atoms with Crippen molar-refractivity contribution >= 4 is 28.9 Å². The molecule has 0 unspecified atom stereocenters. The molecule has 3 rings (SSSR count). The molecule has 10 nitrogen and oxygen atoms in total. The number of benzene rings is 2. The van der Waals surface area contributed by atoms with Crippen LogP contribution in [0.3, 0.4) is 0 Å². The first-order valence-electron chi connectivity index (χ1n) is 9.20. The van der Waals surface area contributed by atoms with E-state index >= 15 is 0 Å². The molecular weight excluding hydrogens is 394 g/mol. The van der Waals surface area contributed by atoms with Crippen molar-refractivity contribution in [1.82, 2.24) is 0 Å². The molecule has 158 valence electrons. The van der Waals surface area contributed by atoms with E-state index in [2.05, 4.69) is 10.2 Å². The summed E-state index contributed by atoms with van der Waals surface area (Å²) in [7, 11) is 1.29. The summed E-state index contributed by atoms with van der Waals surface area (Å²) in [5.41, 5.74) is 1.18. The van der Waals surface area contributed by atoms with E-state index in [4.69, 9.17) is 14.2 Å². The molecule has 0 radical (unpaired) electrons. The zero-order valence-corrected chi connectivity index (χ0v) is 16.3. The van der Waals surface area contributed by atoms with Crippen LogP contribution in [0, 0.1) is 10.1 Å². The number of nitrogens with zero attached hydrogens (tertiary/aromatic N) is 2. The molecular formula is C20H21N3O7. The van der Waals surface area contributed by atoms with Crippen LogP contribution in [0.25, 0.3) is 0 Å². The van der Waals surface area contributed by atoms with Gasteiger partial charge in [0.1, 0.15) is 0 Å². The first kappa shape index (κ1) is 21.1. The fourth-order valence-electron chi connectivity index (χ4n) is 2.95. The molecule has 2 aromatic carbocycles. The van der Waals surface area contributed by atoms with Crippen molar-refractivity contribution in [2.75, 3.05) is 50.2 Å². The lowest BCUT2D eigenvalue weighted by atomic mass is 10.2. The van der Waals surface area contributed by atoms with E-state index in [0.29, 0.717) is 18.9 Å². The van der Waals surface area contributed by atoms with Gasteiger partial charge >= 0.3 is 11.7 Å². The largest absolute Gasteiger partial charge is 0.490 e. The summed E-state index contributed by atoms with van der Waals surface area (Å²) < 4.78 is 15.2. The van der Waals surface area contributed by atoms with Gasteiger partial charge in [-0.05, 0) is 36.4 Å². The lowest BCUT2D eigenvalue weighted by Gasteiger charge is -2.28. The van der Waals surface area contributed by atoms with Gasteiger partial charge in [0, 0.05) is 30.5 Å². The summed E-state index contributed by atoms with van der Waals surface area (Å²) in [6, 6.07) is 11.0. The zero-order valence-electron chi connectivity index (χ0n) is 16.3. The predicted molar refractivity (Wildman–Crippen MR) is 108 cm³/mol. The quantitative estimate of drug-likeness (QED) is 0.415. The molecule has 1 fully saturated rings. The summed E-state index contributed by atoms with van der Waals surface area (Å²) in [4.78, 5) is 36.8. The molecule has 1 amide bonds. The van der Waals surface area contributed by atoms with E-state index < -0.39 is 23.4 Å². The number of nitrogens with one attached hydrogen (secondary N) is 1. The van der Waals surface area contributed by atoms with Crippen LogP contribution in [0.1, 0.15) is 10.4 Å². The van der Waals surface area contributed by atoms with Gasteiger partial charge in [-0.25, -0.2) is 4.79 Å².